The summed E-state index contributed by atoms with van der Waals surface area (Å²) in [4.78, 5) is 22.0. The zero-order valence-corrected chi connectivity index (χ0v) is 10.2. The zero-order valence-electron chi connectivity index (χ0n) is 10.2. The van der Waals surface area contributed by atoms with E-state index in [1.54, 1.807) is 6.92 Å². The Morgan fingerprint density at radius 3 is 2.00 bits per heavy atom. The molecule has 4 heteroatoms. The van der Waals surface area contributed by atoms with Crippen LogP contribution in [-0.4, -0.2) is 18.0 Å². The van der Waals surface area contributed by atoms with E-state index >= 15 is 0 Å². The lowest BCUT2D eigenvalue weighted by Crippen LogP contribution is -2.25. The summed E-state index contributed by atoms with van der Waals surface area (Å²) in [5.41, 5.74) is 0.802. The van der Waals surface area contributed by atoms with Crippen LogP contribution in [0.2, 0.25) is 0 Å². The lowest BCUT2D eigenvalue weighted by atomic mass is 10.5. The van der Waals surface area contributed by atoms with E-state index in [-0.39, 0.29) is 0 Å². The van der Waals surface area contributed by atoms with Gasteiger partial charge in [-0.1, -0.05) is 30.3 Å². The van der Waals surface area contributed by atoms with E-state index in [9.17, 15) is 9.59 Å². The van der Waals surface area contributed by atoms with Crippen LogP contribution in [-0.2, 0) is 19.1 Å². The number of carbonyl (C=O) groups is 2. The predicted octanol–water partition coefficient (Wildman–Crippen LogP) is 2.24. The molecule has 0 aliphatic rings. The lowest BCUT2D eigenvalue weighted by Gasteiger charge is -2.23. The van der Waals surface area contributed by atoms with Gasteiger partial charge in [-0.15, -0.1) is 0 Å². The summed E-state index contributed by atoms with van der Waals surface area (Å²) in [7, 11) is 0. The highest BCUT2D eigenvalue weighted by atomic mass is 16.6. The molecule has 0 saturated carbocycles. The fraction of sp³-hybridized carbons (Fsp3) is 0.385. The van der Waals surface area contributed by atoms with Crippen LogP contribution in [0.5, 0.6) is 0 Å². The molecule has 0 unspecified atom stereocenters. The molecule has 0 spiro atoms. The molecule has 0 N–H and O–H groups in total. The second-order valence-electron chi connectivity index (χ2n) is 3.76. The van der Waals surface area contributed by atoms with Gasteiger partial charge in [0.2, 0.25) is 0 Å². The quantitative estimate of drug-likeness (QED) is 0.601. The molecule has 0 saturated heterocycles. The van der Waals surface area contributed by atoms with Gasteiger partial charge in [0.25, 0.3) is 0 Å². The van der Waals surface area contributed by atoms with Crippen molar-refractivity contribution in [1.29, 1.82) is 0 Å². The summed E-state index contributed by atoms with van der Waals surface area (Å²) in [6.07, 6.45) is -1.09. The van der Waals surface area contributed by atoms with E-state index in [2.05, 4.69) is 0 Å². The van der Waals surface area contributed by atoms with Gasteiger partial charge in [0.05, 0.1) is 0 Å². The van der Waals surface area contributed by atoms with Crippen LogP contribution in [0.15, 0.2) is 30.3 Å². The van der Waals surface area contributed by atoms with Crippen LogP contribution in [0.3, 0.4) is 0 Å². The van der Waals surface area contributed by atoms with Gasteiger partial charge >= 0.3 is 11.9 Å². The molecule has 0 amide bonds. The van der Waals surface area contributed by atoms with Crippen molar-refractivity contribution in [3.8, 4) is 0 Å². The summed E-state index contributed by atoms with van der Waals surface area (Å²) < 4.78 is 10.2. The highest BCUT2D eigenvalue weighted by Gasteiger charge is 2.24. The molecule has 1 aromatic carbocycles. The maximum absolute atomic E-state index is 11.1. The third-order valence-electron chi connectivity index (χ3n) is 2.20. The normalized spacial score (nSPS) is 13.6. The predicted molar refractivity (Wildman–Crippen MR) is 62.2 cm³/mol. The topological polar surface area (TPSA) is 52.6 Å². The van der Waals surface area contributed by atoms with Crippen molar-refractivity contribution in [1.82, 2.24) is 0 Å². The minimum absolute atomic E-state index is 0.398. The maximum atomic E-state index is 11.1. The number of carbonyl (C=O) groups excluding carboxylic acids is 2. The molecule has 1 rings (SSSR count). The fourth-order valence-corrected chi connectivity index (χ4v) is 1.58. The van der Waals surface area contributed by atoms with Crippen LogP contribution in [0.1, 0.15) is 32.4 Å². The Labute approximate surface area is 101 Å². The maximum Gasteiger partial charge on any atom is 0.303 e. The van der Waals surface area contributed by atoms with E-state index in [1.165, 1.54) is 13.8 Å². The number of ether oxygens (including phenoxy) is 2. The SMILES string of the molecule is CC(=O)O[C@H](C)[13C@H](OC(C)=O)[13c]1[13cH][13cH][13cH][13cH][13cH]1. The molecule has 0 radical (unpaired) electrons. The lowest BCUT2D eigenvalue weighted by molar-refractivity contribution is -0.164. The van der Waals surface area contributed by atoms with Gasteiger partial charge in [-0.25, -0.2) is 0 Å². The molecule has 2 atom stereocenters. The van der Waals surface area contributed by atoms with Crippen molar-refractivity contribution in [3.63, 3.8) is 0 Å². The van der Waals surface area contributed by atoms with Crippen LogP contribution < -0.4 is 0 Å². The van der Waals surface area contributed by atoms with E-state index in [1.807, 2.05) is 30.3 Å². The number of esters is 2. The largest absolute Gasteiger partial charge is 0.459 e. The summed E-state index contributed by atoms with van der Waals surface area (Å²) in [6.45, 7) is 4.35. The molecular weight excluding hydrogens is 227 g/mol. The minimum Gasteiger partial charge on any atom is -0.459 e. The van der Waals surface area contributed by atoms with Crippen molar-refractivity contribution in [3.05, 3.63) is 35.9 Å². The summed E-state index contributed by atoms with van der Waals surface area (Å²) in [5.74, 6) is -0.802. The Hall–Kier alpha value is -1.84. The Balaban J connectivity index is 2.87. The van der Waals surface area contributed by atoms with Gasteiger partial charge in [0.15, 0.2) is 6.10 Å². The van der Waals surface area contributed by atoms with Gasteiger partial charge in [0.1, 0.15) is 6.10 Å². The van der Waals surface area contributed by atoms with E-state index < -0.39 is 24.1 Å². The summed E-state index contributed by atoms with van der Waals surface area (Å²) >= 11 is 0. The van der Waals surface area contributed by atoms with Crippen LogP contribution in [0.25, 0.3) is 0 Å². The molecule has 0 heterocycles. The first kappa shape index (κ1) is 13.2. The van der Waals surface area contributed by atoms with Crippen molar-refractivity contribution < 1.29 is 19.1 Å². The first-order valence-electron chi connectivity index (χ1n) is 5.40. The van der Waals surface area contributed by atoms with Crippen molar-refractivity contribution >= 4 is 11.9 Å². The highest BCUT2D eigenvalue weighted by molar-refractivity contribution is 5.67. The van der Waals surface area contributed by atoms with Crippen LogP contribution >= 0.6 is 0 Å². The molecule has 0 aromatic heterocycles. The minimum atomic E-state index is -0.572. The monoisotopic (exact) mass is 243 g/mol. The number of hydrogen-bond acceptors (Lipinski definition) is 4. The van der Waals surface area contributed by atoms with E-state index in [0.717, 1.165) is 5.56 Å². The first-order chi connectivity index (χ1) is 8.00. The zero-order chi connectivity index (χ0) is 12.8. The second kappa shape index (κ2) is 6.03. The van der Waals surface area contributed by atoms with E-state index in [0.29, 0.717) is 0 Å². The van der Waals surface area contributed by atoms with Crippen LogP contribution in [0.4, 0.5) is 0 Å². The second-order valence-corrected chi connectivity index (χ2v) is 3.76. The summed E-state index contributed by atoms with van der Waals surface area (Å²) in [5, 5.41) is 0. The van der Waals surface area contributed by atoms with Crippen molar-refractivity contribution in [2.24, 2.45) is 0 Å². The van der Waals surface area contributed by atoms with Gasteiger partial charge in [0, 0.05) is 13.8 Å². The van der Waals surface area contributed by atoms with Crippen molar-refractivity contribution in [2.45, 2.75) is 33.0 Å². The van der Waals surface area contributed by atoms with Gasteiger partial charge in [-0.05, 0) is 12.5 Å². The standard InChI is InChI=1S/C13H16O4/c1-9(16-10(2)14)13(17-11(3)15)12-7-5-4-6-8-12/h4-9,13H,1-3H3/t9-,13+/m1/s1/i4+1,5+1,6+1,7+1,8+1,12+1,13+1. The van der Waals surface area contributed by atoms with Crippen LogP contribution in [0, 0.1) is 0 Å². The molecule has 0 aliphatic carbocycles. The Bertz CT molecular complexity index is 386. The summed E-state index contributed by atoms with van der Waals surface area (Å²) in [6, 6.07) is 9.20. The average molecular weight is 243 g/mol. The van der Waals surface area contributed by atoms with E-state index in [4.69, 9.17) is 9.47 Å². The Morgan fingerprint density at radius 2 is 1.53 bits per heavy atom. The number of benzene rings is 1. The smallest absolute Gasteiger partial charge is 0.303 e. The van der Waals surface area contributed by atoms with Gasteiger partial charge < -0.3 is 9.47 Å². The molecule has 4 nitrogen and oxygen atoms in total. The molecule has 92 valence electrons. The third-order valence-corrected chi connectivity index (χ3v) is 2.20. The molecule has 0 bridgehead atoms. The molecule has 1 aromatic rings. The molecule has 17 heavy (non-hydrogen) atoms. The molecule has 0 aliphatic heterocycles. The first-order valence-corrected chi connectivity index (χ1v) is 5.40. The van der Waals surface area contributed by atoms with Gasteiger partial charge in [-0.3, -0.25) is 9.59 Å². The average Bonchev–Trinajstić information content (AvgIpc) is 2.25. The Kier molecular flexibility index (Phi) is 4.69. The van der Waals surface area contributed by atoms with Crippen molar-refractivity contribution in [2.75, 3.05) is 0 Å². The fourth-order valence-electron chi connectivity index (χ4n) is 1.58. The Morgan fingerprint density at radius 1 is 1.00 bits per heavy atom. The molecule has 0 fully saturated rings. The number of rotatable bonds is 4. The highest BCUT2D eigenvalue weighted by Crippen LogP contribution is 2.23. The third kappa shape index (κ3) is 4.26. The molecular formula is C13H16O4. The van der Waals surface area contributed by atoms with Gasteiger partial charge in [-0.2, -0.15) is 0 Å². The number of hydrogen-bond donors (Lipinski definition) is 0.